The molecule has 0 bridgehead atoms. The monoisotopic (exact) mass is 456 g/mol. The minimum atomic E-state index is -3.60. The summed E-state index contributed by atoms with van der Waals surface area (Å²) in [5.74, 6) is 1.78. The number of benzene rings is 2. The SMILES string of the molecule is CN[C@H]1COc2ccc(OCCNS(=O)(=O)c3cnn(C)c3)cc2[C@@H]1Cc1ccccc1. The van der Waals surface area contributed by atoms with Gasteiger partial charge in [-0.25, -0.2) is 13.1 Å². The zero-order chi connectivity index (χ0) is 22.6. The van der Waals surface area contributed by atoms with Gasteiger partial charge in [-0.15, -0.1) is 0 Å². The van der Waals surface area contributed by atoms with Crippen LogP contribution in [0.3, 0.4) is 0 Å². The zero-order valence-corrected chi connectivity index (χ0v) is 19.0. The van der Waals surface area contributed by atoms with Crippen LogP contribution in [0, 0.1) is 0 Å². The van der Waals surface area contributed by atoms with E-state index in [0.717, 1.165) is 17.7 Å². The molecule has 3 aromatic rings. The second-order valence-electron chi connectivity index (χ2n) is 7.80. The number of aromatic nitrogens is 2. The third kappa shape index (κ3) is 5.12. The number of aryl methyl sites for hydroxylation is 1. The first kappa shape index (κ1) is 22.3. The molecule has 9 heteroatoms. The summed E-state index contributed by atoms with van der Waals surface area (Å²) in [5, 5.41) is 7.27. The molecule has 0 fully saturated rings. The van der Waals surface area contributed by atoms with Crippen LogP contribution in [0.15, 0.2) is 65.8 Å². The molecule has 1 aliphatic rings. The quantitative estimate of drug-likeness (QED) is 0.479. The molecule has 0 saturated carbocycles. The third-order valence-electron chi connectivity index (χ3n) is 5.61. The van der Waals surface area contributed by atoms with Crippen molar-refractivity contribution in [3.8, 4) is 11.5 Å². The van der Waals surface area contributed by atoms with Crippen molar-refractivity contribution in [1.82, 2.24) is 19.8 Å². The lowest BCUT2D eigenvalue weighted by molar-refractivity contribution is 0.217. The van der Waals surface area contributed by atoms with Crippen LogP contribution in [-0.4, -0.2) is 51.0 Å². The molecule has 32 heavy (non-hydrogen) atoms. The molecule has 2 heterocycles. The van der Waals surface area contributed by atoms with Crippen LogP contribution in [0.1, 0.15) is 17.0 Å². The Labute approximate surface area is 188 Å². The number of hydrogen-bond acceptors (Lipinski definition) is 6. The summed E-state index contributed by atoms with van der Waals surface area (Å²) in [4.78, 5) is 0.132. The van der Waals surface area contributed by atoms with E-state index < -0.39 is 10.0 Å². The molecule has 8 nitrogen and oxygen atoms in total. The van der Waals surface area contributed by atoms with E-state index in [9.17, 15) is 8.42 Å². The topological polar surface area (TPSA) is 94.5 Å². The van der Waals surface area contributed by atoms with Gasteiger partial charge in [-0.2, -0.15) is 5.10 Å². The molecule has 0 unspecified atom stereocenters. The maximum Gasteiger partial charge on any atom is 0.243 e. The van der Waals surface area contributed by atoms with Gasteiger partial charge in [0.15, 0.2) is 0 Å². The molecule has 170 valence electrons. The molecular weight excluding hydrogens is 428 g/mol. The number of nitrogens with zero attached hydrogens (tertiary/aromatic N) is 2. The van der Waals surface area contributed by atoms with Gasteiger partial charge in [-0.1, -0.05) is 30.3 Å². The first-order valence-electron chi connectivity index (χ1n) is 10.6. The highest BCUT2D eigenvalue weighted by Gasteiger charge is 2.30. The smallest absolute Gasteiger partial charge is 0.243 e. The van der Waals surface area contributed by atoms with Crippen molar-refractivity contribution in [1.29, 1.82) is 0 Å². The van der Waals surface area contributed by atoms with E-state index in [-0.39, 0.29) is 30.0 Å². The van der Waals surface area contributed by atoms with Gasteiger partial charge in [0.25, 0.3) is 0 Å². The van der Waals surface area contributed by atoms with Gasteiger partial charge in [0.05, 0.1) is 6.20 Å². The Kier molecular flexibility index (Phi) is 6.78. The fourth-order valence-electron chi connectivity index (χ4n) is 3.92. The maximum atomic E-state index is 12.3. The van der Waals surface area contributed by atoms with E-state index >= 15 is 0 Å². The summed E-state index contributed by atoms with van der Waals surface area (Å²) in [6, 6.07) is 16.4. The highest BCUT2D eigenvalue weighted by molar-refractivity contribution is 7.89. The molecule has 4 rings (SSSR count). The summed E-state index contributed by atoms with van der Waals surface area (Å²) in [5.41, 5.74) is 2.36. The van der Waals surface area contributed by atoms with E-state index in [0.29, 0.717) is 12.4 Å². The number of likely N-dealkylation sites (N-methyl/N-ethyl adjacent to an activating group) is 1. The first-order valence-corrected chi connectivity index (χ1v) is 12.0. The average Bonchev–Trinajstić information content (AvgIpc) is 3.25. The molecule has 0 radical (unpaired) electrons. The second kappa shape index (κ2) is 9.72. The van der Waals surface area contributed by atoms with Crippen molar-refractivity contribution in [3.05, 3.63) is 72.1 Å². The Morgan fingerprint density at radius 1 is 1.22 bits per heavy atom. The first-order chi connectivity index (χ1) is 15.5. The van der Waals surface area contributed by atoms with E-state index in [1.54, 1.807) is 7.05 Å². The van der Waals surface area contributed by atoms with E-state index in [4.69, 9.17) is 9.47 Å². The molecule has 0 saturated heterocycles. The number of rotatable bonds is 9. The lowest BCUT2D eigenvalue weighted by Gasteiger charge is -2.34. The number of nitrogens with one attached hydrogen (secondary N) is 2. The van der Waals surface area contributed by atoms with Crippen LogP contribution in [-0.2, 0) is 23.5 Å². The van der Waals surface area contributed by atoms with Crippen LogP contribution < -0.4 is 19.5 Å². The van der Waals surface area contributed by atoms with Gasteiger partial charge in [0.2, 0.25) is 10.0 Å². The molecule has 0 amide bonds. The fraction of sp³-hybridized carbons (Fsp3) is 0.348. The molecule has 0 aliphatic carbocycles. The molecule has 2 N–H and O–H groups in total. The molecule has 0 spiro atoms. The average molecular weight is 457 g/mol. The highest BCUT2D eigenvalue weighted by Crippen LogP contribution is 2.38. The number of fused-ring (bicyclic) bond motifs is 1. The molecule has 2 atom stereocenters. The van der Waals surface area contributed by atoms with Gasteiger partial charge in [-0.05, 0) is 37.2 Å². The van der Waals surface area contributed by atoms with Gasteiger partial charge in [0, 0.05) is 37.3 Å². The van der Waals surface area contributed by atoms with Crippen molar-refractivity contribution in [2.45, 2.75) is 23.3 Å². The molecular formula is C23H28N4O4S. The fourth-order valence-corrected chi connectivity index (χ4v) is 4.92. The Morgan fingerprint density at radius 2 is 2.03 bits per heavy atom. The number of ether oxygens (including phenoxy) is 2. The maximum absolute atomic E-state index is 12.3. The lowest BCUT2D eigenvalue weighted by Crippen LogP contribution is -2.41. The van der Waals surface area contributed by atoms with Gasteiger partial charge in [-0.3, -0.25) is 4.68 Å². The van der Waals surface area contributed by atoms with Crippen molar-refractivity contribution in [3.63, 3.8) is 0 Å². The Bertz CT molecular complexity index is 1150. The lowest BCUT2D eigenvalue weighted by atomic mass is 9.84. The van der Waals surface area contributed by atoms with Crippen LogP contribution in [0.5, 0.6) is 11.5 Å². The van der Waals surface area contributed by atoms with Crippen LogP contribution >= 0.6 is 0 Å². The molecule has 1 aliphatic heterocycles. The summed E-state index contributed by atoms with van der Waals surface area (Å²) in [6.07, 6.45) is 3.66. The third-order valence-corrected chi connectivity index (χ3v) is 7.02. The minimum Gasteiger partial charge on any atom is -0.492 e. The minimum absolute atomic E-state index is 0.132. The predicted molar refractivity (Wildman–Crippen MR) is 122 cm³/mol. The second-order valence-corrected chi connectivity index (χ2v) is 9.56. The Balaban J connectivity index is 1.42. The van der Waals surface area contributed by atoms with E-state index in [1.165, 1.54) is 22.6 Å². The zero-order valence-electron chi connectivity index (χ0n) is 18.2. The predicted octanol–water partition coefficient (Wildman–Crippen LogP) is 2.08. The Morgan fingerprint density at radius 3 is 2.75 bits per heavy atom. The van der Waals surface area contributed by atoms with Crippen molar-refractivity contribution in [2.24, 2.45) is 7.05 Å². The number of sulfonamides is 1. The molecule has 1 aromatic heterocycles. The van der Waals surface area contributed by atoms with Crippen LogP contribution in [0.4, 0.5) is 0 Å². The van der Waals surface area contributed by atoms with Crippen molar-refractivity contribution < 1.29 is 17.9 Å². The summed E-state index contributed by atoms with van der Waals surface area (Å²) < 4.78 is 40.4. The van der Waals surface area contributed by atoms with Gasteiger partial charge in [0.1, 0.15) is 29.6 Å². The van der Waals surface area contributed by atoms with Gasteiger partial charge < -0.3 is 14.8 Å². The van der Waals surface area contributed by atoms with Crippen LogP contribution in [0.25, 0.3) is 0 Å². The Hall–Kier alpha value is -2.88. The summed E-state index contributed by atoms with van der Waals surface area (Å²) >= 11 is 0. The van der Waals surface area contributed by atoms with Crippen molar-refractivity contribution in [2.75, 3.05) is 26.8 Å². The standard InChI is InChI=1S/C23H28N4O4S/c1-24-22-16-31-23-9-8-18(13-21(23)20(22)12-17-6-4-3-5-7-17)30-11-10-26-32(28,29)19-14-25-27(2)15-19/h3-9,13-15,20,22,24,26H,10-12,16H2,1-2H3/t20-,22-/m0/s1. The van der Waals surface area contributed by atoms with Crippen molar-refractivity contribution >= 4 is 10.0 Å². The van der Waals surface area contributed by atoms with E-state index in [2.05, 4.69) is 39.4 Å². The summed E-state index contributed by atoms with van der Waals surface area (Å²) in [6.45, 7) is 0.965. The molecule has 2 aromatic carbocycles. The normalized spacial score (nSPS) is 18.1. The summed E-state index contributed by atoms with van der Waals surface area (Å²) in [7, 11) is 0.0185. The van der Waals surface area contributed by atoms with Crippen LogP contribution in [0.2, 0.25) is 0 Å². The van der Waals surface area contributed by atoms with Gasteiger partial charge >= 0.3 is 0 Å². The largest absolute Gasteiger partial charge is 0.492 e. The number of hydrogen-bond donors (Lipinski definition) is 2. The highest BCUT2D eigenvalue weighted by atomic mass is 32.2. The van der Waals surface area contributed by atoms with E-state index in [1.807, 2.05) is 31.3 Å².